The molecule has 5 heteroatoms. The van der Waals surface area contributed by atoms with Gasteiger partial charge in [0.1, 0.15) is 5.75 Å². The van der Waals surface area contributed by atoms with E-state index in [1.807, 2.05) is 27.9 Å². The molecule has 1 saturated heterocycles. The van der Waals surface area contributed by atoms with Gasteiger partial charge in [-0.15, -0.1) is 0 Å². The smallest absolute Gasteiger partial charge is 0.260 e. The summed E-state index contributed by atoms with van der Waals surface area (Å²) in [7, 11) is 0. The minimum absolute atomic E-state index is 0.0624. The number of benzene rings is 1. The maximum Gasteiger partial charge on any atom is 0.260 e. The minimum Gasteiger partial charge on any atom is -0.484 e. The molecule has 1 atom stereocenters. The van der Waals surface area contributed by atoms with Gasteiger partial charge < -0.3 is 9.64 Å². The molecule has 1 amide bonds. The molecular formula is C19H23N3O2. The van der Waals surface area contributed by atoms with E-state index in [2.05, 4.69) is 17.2 Å². The van der Waals surface area contributed by atoms with Gasteiger partial charge in [0.25, 0.3) is 5.91 Å². The fourth-order valence-electron chi connectivity index (χ4n) is 3.77. The molecule has 0 spiro atoms. The number of piperidine rings is 1. The van der Waals surface area contributed by atoms with E-state index in [-0.39, 0.29) is 18.6 Å². The number of rotatable bonds is 4. The highest BCUT2D eigenvalue weighted by molar-refractivity contribution is 5.77. The van der Waals surface area contributed by atoms with Gasteiger partial charge in [0.2, 0.25) is 0 Å². The zero-order valence-electron chi connectivity index (χ0n) is 13.9. The molecule has 1 aromatic carbocycles. The Bertz CT molecular complexity index is 711. The number of nitrogens with zero attached hydrogens (tertiary/aromatic N) is 3. The third kappa shape index (κ3) is 3.16. The summed E-state index contributed by atoms with van der Waals surface area (Å²) in [4.78, 5) is 14.4. The van der Waals surface area contributed by atoms with Crippen LogP contribution in [-0.2, 0) is 17.6 Å². The van der Waals surface area contributed by atoms with E-state index in [9.17, 15) is 4.79 Å². The summed E-state index contributed by atoms with van der Waals surface area (Å²) in [5, 5.41) is 4.31. The summed E-state index contributed by atoms with van der Waals surface area (Å²) in [6.45, 7) is 1.64. The number of carbonyl (C=O) groups excluding carboxylic acids is 1. The second kappa shape index (κ2) is 6.67. The van der Waals surface area contributed by atoms with Gasteiger partial charge in [-0.25, -0.2) is 0 Å². The molecule has 24 heavy (non-hydrogen) atoms. The molecule has 0 radical (unpaired) electrons. The summed E-state index contributed by atoms with van der Waals surface area (Å²) >= 11 is 0. The lowest BCUT2D eigenvalue weighted by molar-refractivity contribution is -0.135. The van der Waals surface area contributed by atoms with Crippen LogP contribution in [0.2, 0.25) is 0 Å². The Morgan fingerprint density at radius 1 is 1.25 bits per heavy atom. The fraction of sp³-hybridized carbons (Fsp3) is 0.474. The Kier molecular flexibility index (Phi) is 4.24. The molecule has 1 aliphatic carbocycles. The van der Waals surface area contributed by atoms with Crippen molar-refractivity contribution in [1.29, 1.82) is 0 Å². The van der Waals surface area contributed by atoms with Crippen LogP contribution in [0.3, 0.4) is 0 Å². The van der Waals surface area contributed by atoms with Crippen molar-refractivity contribution in [3.63, 3.8) is 0 Å². The SMILES string of the molecule is O=C(COc1ccc2c(c1)CCC2)N1CCC[C@H](n2cccn2)C1. The van der Waals surface area contributed by atoms with Crippen LogP contribution < -0.4 is 4.74 Å². The number of carbonyl (C=O) groups is 1. The lowest BCUT2D eigenvalue weighted by atomic mass is 10.1. The van der Waals surface area contributed by atoms with E-state index in [0.29, 0.717) is 6.54 Å². The average molecular weight is 325 g/mol. The second-order valence-electron chi connectivity index (χ2n) is 6.69. The Balaban J connectivity index is 1.34. The first-order valence-corrected chi connectivity index (χ1v) is 8.81. The highest BCUT2D eigenvalue weighted by Gasteiger charge is 2.25. The average Bonchev–Trinajstić information content (AvgIpc) is 3.30. The van der Waals surface area contributed by atoms with E-state index in [0.717, 1.165) is 38.0 Å². The van der Waals surface area contributed by atoms with Crippen molar-refractivity contribution in [1.82, 2.24) is 14.7 Å². The van der Waals surface area contributed by atoms with Crippen molar-refractivity contribution in [3.05, 3.63) is 47.8 Å². The molecule has 2 aromatic rings. The van der Waals surface area contributed by atoms with Gasteiger partial charge >= 0.3 is 0 Å². The quantitative estimate of drug-likeness (QED) is 0.868. The van der Waals surface area contributed by atoms with Crippen molar-refractivity contribution >= 4 is 5.91 Å². The maximum atomic E-state index is 12.5. The molecule has 4 rings (SSSR count). The number of fused-ring (bicyclic) bond motifs is 1. The third-order valence-corrected chi connectivity index (χ3v) is 5.08. The third-order valence-electron chi connectivity index (χ3n) is 5.08. The van der Waals surface area contributed by atoms with Gasteiger partial charge in [0.15, 0.2) is 6.61 Å². The molecule has 126 valence electrons. The van der Waals surface area contributed by atoms with E-state index in [1.54, 1.807) is 6.20 Å². The Hall–Kier alpha value is -2.30. The standard InChI is InChI=1S/C19H23N3O2/c23-19(14-24-18-8-7-15-4-1-5-16(15)12-18)21-10-2-6-17(13-21)22-11-3-9-20-22/h3,7-9,11-12,17H,1-2,4-6,10,13-14H2/t17-/m0/s1. The number of ether oxygens (including phenoxy) is 1. The highest BCUT2D eigenvalue weighted by atomic mass is 16.5. The van der Waals surface area contributed by atoms with Crippen LogP contribution in [0, 0.1) is 0 Å². The lowest BCUT2D eigenvalue weighted by Crippen LogP contribution is -2.43. The molecule has 0 bridgehead atoms. The van der Waals surface area contributed by atoms with Crippen LogP contribution in [-0.4, -0.2) is 40.3 Å². The molecular weight excluding hydrogens is 302 g/mol. The predicted octanol–water partition coefficient (Wildman–Crippen LogP) is 2.61. The molecule has 0 unspecified atom stereocenters. The summed E-state index contributed by atoms with van der Waals surface area (Å²) < 4.78 is 7.72. The number of likely N-dealkylation sites (tertiary alicyclic amines) is 1. The van der Waals surface area contributed by atoms with Gasteiger partial charge in [-0.3, -0.25) is 9.48 Å². The second-order valence-corrected chi connectivity index (χ2v) is 6.69. The molecule has 2 heterocycles. The first kappa shape index (κ1) is 15.2. The topological polar surface area (TPSA) is 47.4 Å². The normalized spacial score (nSPS) is 20.0. The molecule has 5 nitrogen and oxygen atoms in total. The monoisotopic (exact) mass is 325 g/mol. The van der Waals surface area contributed by atoms with Gasteiger partial charge in [0.05, 0.1) is 6.04 Å². The number of amides is 1. The fourth-order valence-corrected chi connectivity index (χ4v) is 3.77. The summed E-state index contributed by atoms with van der Waals surface area (Å²) in [6.07, 6.45) is 9.35. The highest BCUT2D eigenvalue weighted by Crippen LogP contribution is 2.26. The van der Waals surface area contributed by atoms with Crippen molar-refractivity contribution in [2.75, 3.05) is 19.7 Å². The molecule has 1 aromatic heterocycles. The molecule has 0 N–H and O–H groups in total. The summed E-state index contributed by atoms with van der Waals surface area (Å²) in [6, 6.07) is 8.42. The van der Waals surface area contributed by atoms with E-state index < -0.39 is 0 Å². The maximum absolute atomic E-state index is 12.5. The van der Waals surface area contributed by atoms with E-state index >= 15 is 0 Å². The van der Waals surface area contributed by atoms with Crippen LogP contribution in [0.15, 0.2) is 36.7 Å². The number of hydrogen-bond donors (Lipinski definition) is 0. The van der Waals surface area contributed by atoms with E-state index in [1.165, 1.54) is 17.5 Å². The van der Waals surface area contributed by atoms with Crippen LogP contribution in [0.4, 0.5) is 0 Å². The van der Waals surface area contributed by atoms with Gasteiger partial charge in [0, 0.05) is 25.5 Å². The Morgan fingerprint density at radius 3 is 3.04 bits per heavy atom. The zero-order valence-corrected chi connectivity index (χ0v) is 13.9. The van der Waals surface area contributed by atoms with Gasteiger partial charge in [-0.1, -0.05) is 6.07 Å². The van der Waals surface area contributed by atoms with E-state index in [4.69, 9.17) is 4.74 Å². The minimum atomic E-state index is 0.0624. The largest absolute Gasteiger partial charge is 0.484 e. The van der Waals surface area contributed by atoms with Crippen LogP contribution in [0.1, 0.15) is 36.4 Å². The van der Waals surface area contributed by atoms with Crippen molar-refractivity contribution in [2.24, 2.45) is 0 Å². The molecule has 1 fully saturated rings. The van der Waals surface area contributed by atoms with Crippen LogP contribution in [0.25, 0.3) is 0 Å². The van der Waals surface area contributed by atoms with Crippen molar-refractivity contribution < 1.29 is 9.53 Å². The molecule has 0 saturated carbocycles. The number of aromatic nitrogens is 2. The first-order valence-electron chi connectivity index (χ1n) is 8.81. The predicted molar refractivity (Wildman–Crippen MR) is 91.0 cm³/mol. The van der Waals surface area contributed by atoms with Gasteiger partial charge in [-0.2, -0.15) is 5.10 Å². The summed E-state index contributed by atoms with van der Waals surface area (Å²) in [5.74, 6) is 0.872. The van der Waals surface area contributed by atoms with Gasteiger partial charge in [-0.05, 0) is 61.4 Å². The molecule has 1 aliphatic heterocycles. The Labute approximate surface area is 142 Å². The summed E-state index contributed by atoms with van der Waals surface area (Å²) in [5.41, 5.74) is 2.79. The molecule has 2 aliphatic rings. The number of hydrogen-bond acceptors (Lipinski definition) is 3. The van der Waals surface area contributed by atoms with Crippen LogP contribution in [0.5, 0.6) is 5.75 Å². The van der Waals surface area contributed by atoms with Crippen LogP contribution >= 0.6 is 0 Å². The number of aryl methyl sites for hydroxylation is 2. The Morgan fingerprint density at radius 2 is 2.17 bits per heavy atom. The zero-order chi connectivity index (χ0) is 16.4. The van der Waals surface area contributed by atoms with Crippen molar-refractivity contribution in [2.45, 2.75) is 38.1 Å². The first-order chi connectivity index (χ1) is 11.8. The van der Waals surface area contributed by atoms with Crippen molar-refractivity contribution in [3.8, 4) is 5.75 Å². The lowest BCUT2D eigenvalue weighted by Gasteiger charge is -2.32.